The van der Waals surface area contributed by atoms with Gasteiger partial charge in [-0.15, -0.1) is 0 Å². The Morgan fingerprint density at radius 2 is 2.36 bits per heavy atom. The molecule has 4 nitrogen and oxygen atoms in total. The van der Waals surface area contributed by atoms with Crippen molar-refractivity contribution in [2.24, 2.45) is 5.73 Å². The van der Waals surface area contributed by atoms with E-state index in [1.807, 2.05) is 0 Å². The Labute approximate surface area is 64.6 Å². The van der Waals surface area contributed by atoms with Crippen molar-refractivity contribution < 1.29 is 9.53 Å². The molecule has 0 bridgehead atoms. The molecular formula is C7H8N2O2. The van der Waals surface area contributed by atoms with Crippen LogP contribution in [-0.2, 0) is 9.53 Å². The van der Waals surface area contributed by atoms with Crippen molar-refractivity contribution in [3.8, 4) is 6.07 Å². The Kier molecular flexibility index (Phi) is 3.46. The van der Waals surface area contributed by atoms with Crippen LogP contribution in [0.5, 0.6) is 0 Å². The molecule has 0 saturated carbocycles. The van der Waals surface area contributed by atoms with Crippen LogP contribution in [0.1, 0.15) is 0 Å². The third kappa shape index (κ3) is 3.06. The van der Waals surface area contributed by atoms with Gasteiger partial charge < -0.3 is 10.5 Å². The molecule has 0 rings (SSSR count). The number of esters is 1. The van der Waals surface area contributed by atoms with Crippen molar-refractivity contribution in [3.05, 3.63) is 23.9 Å². The lowest BCUT2D eigenvalue weighted by molar-refractivity contribution is -0.135. The van der Waals surface area contributed by atoms with E-state index in [1.54, 1.807) is 6.07 Å². The van der Waals surface area contributed by atoms with Gasteiger partial charge in [0.25, 0.3) is 0 Å². The smallest absolute Gasteiger partial charge is 0.348 e. The van der Waals surface area contributed by atoms with Crippen LogP contribution >= 0.6 is 0 Å². The summed E-state index contributed by atoms with van der Waals surface area (Å²) in [5.41, 5.74) is 5.12. The number of rotatable bonds is 2. The predicted octanol–water partition coefficient (Wildman–Crippen LogP) is 0.0818. The molecule has 0 spiro atoms. The summed E-state index contributed by atoms with van der Waals surface area (Å²) in [6.07, 6.45) is 1.16. The second kappa shape index (κ2) is 4.12. The summed E-state index contributed by atoms with van der Waals surface area (Å²) in [6, 6.07) is 1.63. The topological polar surface area (TPSA) is 76.1 Å². The van der Waals surface area contributed by atoms with Crippen LogP contribution in [-0.4, -0.2) is 13.1 Å². The van der Waals surface area contributed by atoms with Crippen molar-refractivity contribution in [3.63, 3.8) is 0 Å². The molecule has 0 aromatic heterocycles. The minimum Gasteiger partial charge on any atom is -0.465 e. The molecule has 0 heterocycles. The molecule has 0 aliphatic rings. The molecular weight excluding hydrogens is 144 g/mol. The van der Waals surface area contributed by atoms with Gasteiger partial charge in [0.1, 0.15) is 11.6 Å². The molecule has 0 fully saturated rings. The highest BCUT2D eigenvalue weighted by Crippen LogP contribution is 1.97. The Morgan fingerprint density at radius 3 is 2.64 bits per heavy atom. The Bertz CT molecular complexity index is 248. The first-order chi connectivity index (χ1) is 5.11. The van der Waals surface area contributed by atoms with E-state index >= 15 is 0 Å². The van der Waals surface area contributed by atoms with Crippen LogP contribution < -0.4 is 5.73 Å². The van der Waals surface area contributed by atoms with E-state index in [-0.39, 0.29) is 11.3 Å². The molecule has 0 aliphatic heterocycles. The zero-order valence-electron chi connectivity index (χ0n) is 6.13. The van der Waals surface area contributed by atoms with Gasteiger partial charge in [0.2, 0.25) is 0 Å². The first-order valence-electron chi connectivity index (χ1n) is 2.76. The number of nitrogens with two attached hydrogens (primary N) is 1. The minimum absolute atomic E-state index is 0.145. The Hall–Kier alpha value is -1.76. The summed E-state index contributed by atoms with van der Waals surface area (Å²) < 4.78 is 4.28. The van der Waals surface area contributed by atoms with Gasteiger partial charge in [-0.2, -0.15) is 5.26 Å². The van der Waals surface area contributed by atoms with Crippen molar-refractivity contribution in [2.45, 2.75) is 0 Å². The second-order valence-electron chi connectivity index (χ2n) is 1.74. The molecule has 0 amide bonds. The molecule has 0 atom stereocenters. The molecule has 0 aromatic carbocycles. The molecule has 0 aromatic rings. The molecule has 4 heteroatoms. The first kappa shape index (κ1) is 9.24. The van der Waals surface area contributed by atoms with Gasteiger partial charge in [0, 0.05) is 5.70 Å². The van der Waals surface area contributed by atoms with Crippen molar-refractivity contribution in [2.75, 3.05) is 7.11 Å². The molecule has 0 radical (unpaired) electrons. The quantitative estimate of drug-likeness (QED) is 0.263. The van der Waals surface area contributed by atoms with E-state index < -0.39 is 5.97 Å². The highest BCUT2D eigenvalue weighted by Gasteiger charge is 2.07. The van der Waals surface area contributed by atoms with Crippen LogP contribution in [0.2, 0.25) is 0 Å². The normalized spacial score (nSPS) is 10.0. The minimum atomic E-state index is -0.709. The summed E-state index contributed by atoms with van der Waals surface area (Å²) in [5.74, 6) is -0.709. The molecule has 0 aliphatic carbocycles. The van der Waals surface area contributed by atoms with Gasteiger partial charge in [-0.05, 0) is 6.08 Å². The Balaban J connectivity index is 4.57. The van der Waals surface area contributed by atoms with E-state index in [0.29, 0.717) is 0 Å². The van der Waals surface area contributed by atoms with Gasteiger partial charge in [-0.25, -0.2) is 4.79 Å². The third-order valence-corrected chi connectivity index (χ3v) is 0.855. The van der Waals surface area contributed by atoms with Crippen LogP contribution in [0.25, 0.3) is 0 Å². The second-order valence-corrected chi connectivity index (χ2v) is 1.74. The summed E-state index contributed by atoms with van der Waals surface area (Å²) >= 11 is 0. The lowest BCUT2D eigenvalue weighted by Gasteiger charge is -1.94. The molecule has 2 N–H and O–H groups in total. The fraction of sp³-hybridized carbons (Fsp3) is 0.143. The fourth-order valence-corrected chi connectivity index (χ4v) is 0.432. The van der Waals surface area contributed by atoms with E-state index in [1.165, 1.54) is 7.11 Å². The van der Waals surface area contributed by atoms with Gasteiger partial charge in [0.05, 0.1) is 7.11 Å². The summed E-state index contributed by atoms with van der Waals surface area (Å²) in [4.78, 5) is 10.7. The molecule has 11 heavy (non-hydrogen) atoms. The van der Waals surface area contributed by atoms with Gasteiger partial charge in [0.15, 0.2) is 0 Å². The van der Waals surface area contributed by atoms with Crippen molar-refractivity contribution in [1.29, 1.82) is 5.26 Å². The Morgan fingerprint density at radius 1 is 1.82 bits per heavy atom. The van der Waals surface area contributed by atoms with Crippen LogP contribution in [0.4, 0.5) is 0 Å². The predicted molar refractivity (Wildman–Crippen MR) is 39.0 cm³/mol. The molecule has 0 saturated heterocycles. The van der Waals surface area contributed by atoms with Gasteiger partial charge in [-0.3, -0.25) is 0 Å². The van der Waals surface area contributed by atoms with E-state index in [9.17, 15) is 4.79 Å². The van der Waals surface area contributed by atoms with Crippen LogP contribution in [0.15, 0.2) is 23.9 Å². The summed E-state index contributed by atoms with van der Waals surface area (Å²) in [5, 5.41) is 8.36. The number of nitriles is 1. The van der Waals surface area contributed by atoms with E-state index in [4.69, 9.17) is 11.0 Å². The number of hydrogen-bond acceptors (Lipinski definition) is 4. The van der Waals surface area contributed by atoms with Crippen LogP contribution in [0, 0.1) is 11.3 Å². The number of hydrogen-bond donors (Lipinski definition) is 1. The summed E-state index contributed by atoms with van der Waals surface area (Å²) in [7, 11) is 1.19. The zero-order valence-corrected chi connectivity index (χ0v) is 6.13. The lowest BCUT2D eigenvalue weighted by atomic mass is 10.2. The maximum Gasteiger partial charge on any atom is 0.348 e. The standard InChI is InChI=1S/C7H8N2O2/c1-5(9)3-6(4-8)7(10)11-2/h3H,1,9H2,2H3/b6-3+. The van der Waals surface area contributed by atoms with E-state index in [2.05, 4.69) is 11.3 Å². The maximum atomic E-state index is 10.7. The SMILES string of the molecule is C=C(N)/C=C(\C#N)C(=O)OC. The highest BCUT2D eigenvalue weighted by atomic mass is 16.5. The average Bonchev–Trinajstić information content (AvgIpc) is 1.98. The van der Waals surface area contributed by atoms with Gasteiger partial charge in [-0.1, -0.05) is 6.58 Å². The lowest BCUT2D eigenvalue weighted by Crippen LogP contribution is -2.04. The molecule has 0 unspecified atom stereocenters. The number of ether oxygens (including phenoxy) is 1. The monoisotopic (exact) mass is 152 g/mol. The van der Waals surface area contributed by atoms with E-state index in [0.717, 1.165) is 6.08 Å². The largest absolute Gasteiger partial charge is 0.465 e. The third-order valence-electron chi connectivity index (χ3n) is 0.855. The number of nitrogens with zero attached hydrogens (tertiary/aromatic N) is 1. The maximum absolute atomic E-state index is 10.7. The number of carbonyl (C=O) groups excluding carboxylic acids is 1. The average molecular weight is 152 g/mol. The number of carbonyl (C=O) groups is 1. The highest BCUT2D eigenvalue weighted by molar-refractivity contribution is 5.93. The fourth-order valence-electron chi connectivity index (χ4n) is 0.432. The van der Waals surface area contributed by atoms with Crippen molar-refractivity contribution >= 4 is 5.97 Å². The number of methoxy groups -OCH3 is 1. The van der Waals surface area contributed by atoms with Crippen molar-refractivity contribution in [1.82, 2.24) is 0 Å². The zero-order chi connectivity index (χ0) is 8.85. The summed E-state index contributed by atoms with van der Waals surface area (Å²) in [6.45, 7) is 3.30. The number of allylic oxidation sites excluding steroid dienone is 1. The van der Waals surface area contributed by atoms with Gasteiger partial charge >= 0.3 is 5.97 Å². The molecule has 58 valence electrons. The van der Waals surface area contributed by atoms with Crippen LogP contribution in [0.3, 0.4) is 0 Å². The first-order valence-corrected chi connectivity index (χ1v) is 2.76.